The molecule has 0 aromatic heterocycles. The van der Waals surface area contributed by atoms with E-state index < -0.39 is 0 Å². The number of rotatable bonds is 5. The molecule has 1 aromatic rings. The summed E-state index contributed by atoms with van der Waals surface area (Å²) in [6.07, 6.45) is 1.29. The monoisotopic (exact) mass is 304 g/mol. The van der Waals surface area contributed by atoms with Gasteiger partial charge < -0.3 is 15.0 Å². The van der Waals surface area contributed by atoms with Crippen LogP contribution < -0.4 is 5.32 Å². The second-order valence-electron chi connectivity index (χ2n) is 6.15. The molecule has 1 aromatic carbocycles. The minimum Gasteiger partial charge on any atom is -0.368 e. The van der Waals surface area contributed by atoms with Crippen LogP contribution in [0.2, 0.25) is 0 Å². The molecular formula is C17H24N2O3. The van der Waals surface area contributed by atoms with Gasteiger partial charge in [-0.05, 0) is 37.0 Å². The molecule has 22 heavy (non-hydrogen) atoms. The third kappa shape index (κ3) is 4.31. The van der Waals surface area contributed by atoms with E-state index in [1.807, 2.05) is 0 Å². The molecule has 0 bridgehead atoms. The Morgan fingerprint density at radius 2 is 2.18 bits per heavy atom. The number of benzene rings is 1. The SMILES string of the molecule is CC(C)CN(C)C(=O)c1cccc(NC(=O)C2CCCO2)c1. The summed E-state index contributed by atoms with van der Waals surface area (Å²) < 4.78 is 5.36. The van der Waals surface area contributed by atoms with Gasteiger partial charge in [0.15, 0.2) is 0 Å². The van der Waals surface area contributed by atoms with Gasteiger partial charge in [0, 0.05) is 31.5 Å². The van der Waals surface area contributed by atoms with Crippen LogP contribution in [0.3, 0.4) is 0 Å². The standard InChI is InChI=1S/C17H24N2O3/c1-12(2)11-19(3)17(21)13-6-4-7-14(10-13)18-16(20)15-8-5-9-22-15/h4,6-7,10,12,15H,5,8-9,11H2,1-3H3,(H,18,20). The zero-order valence-corrected chi connectivity index (χ0v) is 13.5. The van der Waals surface area contributed by atoms with Crippen LogP contribution in [0.5, 0.6) is 0 Å². The van der Waals surface area contributed by atoms with Crippen molar-refractivity contribution in [2.45, 2.75) is 32.8 Å². The van der Waals surface area contributed by atoms with E-state index in [4.69, 9.17) is 4.74 Å². The van der Waals surface area contributed by atoms with Gasteiger partial charge in [-0.25, -0.2) is 0 Å². The van der Waals surface area contributed by atoms with Gasteiger partial charge in [-0.1, -0.05) is 19.9 Å². The fourth-order valence-corrected chi connectivity index (χ4v) is 2.59. The number of nitrogens with one attached hydrogen (secondary N) is 1. The molecule has 1 unspecified atom stereocenters. The topological polar surface area (TPSA) is 58.6 Å². The molecule has 5 nitrogen and oxygen atoms in total. The van der Waals surface area contributed by atoms with Gasteiger partial charge in [-0.15, -0.1) is 0 Å². The molecule has 1 aliphatic heterocycles. The Morgan fingerprint density at radius 3 is 2.82 bits per heavy atom. The highest BCUT2D eigenvalue weighted by molar-refractivity contribution is 5.98. The summed E-state index contributed by atoms with van der Waals surface area (Å²) in [6, 6.07) is 7.04. The zero-order valence-electron chi connectivity index (χ0n) is 13.5. The minimum atomic E-state index is -0.372. The van der Waals surface area contributed by atoms with E-state index in [1.54, 1.807) is 36.2 Å². The van der Waals surface area contributed by atoms with Crippen molar-refractivity contribution in [2.75, 3.05) is 25.5 Å². The molecule has 1 fully saturated rings. The summed E-state index contributed by atoms with van der Waals surface area (Å²) in [5, 5.41) is 2.82. The van der Waals surface area contributed by atoms with Crippen LogP contribution in [0.1, 0.15) is 37.0 Å². The number of ether oxygens (including phenoxy) is 1. The fourth-order valence-electron chi connectivity index (χ4n) is 2.59. The quantitative estimate of drug-likeness (QED) is 0.909. The molecule has 0 radical (unpaired) electrons. The van der Waals surface area contributed by atoms with Gasteiger partial charge in [0.1, 0.15) is 6.10 Å². The molecule has 0 aliphatic carbocycles. The summed E-state index contributed by atoms with van der Waals surface area (Å²) in [7, 11) is 1.79. The van der Waals surface area contributed by atoms with E-state index in [1.165, 1.54) is 0 Å². The van der Waals surface area contributed by atoms with E-state index in [2.05, 4.69) is 19.2 Å². The molecule has 0 spiro atoms. The predicted molar refractivity (Wildman–Crippen MR) is 85.8 cm³/mol. The molecule has 120 valence electrons. The number of anilines is 1. The Hall–Kier alpha value is -1.88. The molecule has 1 N–H and O–H groups in total. The van der Waals surface area contributed by atoms with E-state index in [-0.39, 0.29) is 17.9 Å². The Kier molecular flexibility index (Phi) is 5.55. The van der Waals surface area contributed by atoms with Crippen molar-refractivity contribution in [3.05, 3.63) is 29.8 Å². The number of amides is 2. The summed E-state index contributed by atoms with van der Waals surface area (Å²) in [5.41, 5.74) is 1.21. The van der Waals surface area contributed by atoms with Crippen molar-refractivity contribution in [2.24, 2.45) is 5.92 Å². The lowest BCUT2D eigenvalue weighted by Crippen LogP contribution is -2.30. The van der Waals surface area contributed by atoms with Crippen molar-refractivity contribution >= 4 is 17.5 Å². The highest BCUT2D eigenvalue weighted by atomic mass is 16.5. The average molecular weight is 304 g/mol. The summed E-state index contributed by atoms with van der Waals surface area (Å²) >= 11 is 0. The molecule has 2 rings (SSSR count). The first-order valence-electron chi connectivity index (χ1n) is 7.75. The predicted octanol–water partition coefficient (Wildman–Crippen LogP) is 2.53. The Morgan fingerprint density at radius 1 is 1.41 bits per heavy atom. The van der Waals surface area contributed by atoms with Crippen molar-refractivity contribution in [1.29, 1.82) is 0 Å². The molecule has 1 heterocycles. The maximum atomic E-state index is 12.4. The van der Waals surface area contributed by atoms with Crippen LogP contribution >= 0.6 is 0 Å². The Labute approximate surface area is 131 Å². The number of carbonyl (C=O) groups excluding carboxylic acids is 2. The van der Waals surface area contributed by atoms with E-state index in [0.29, 0.717) is 30.3 Å². The first kappa shape index (κ1) is 16.5. The van der Waals surface area contributed by atoms with Crippen molar-refractivity contribution < 1.29 is 14.3 Å². The van der Waals surface area contributed by atoms with E-state index >= 15 is 0 Å². The summed E-state index contributed by atoms with van der Waals surface area (Å²) in [5.74, 6) is 0.232. The van der Waals surface area contributed by atoms with E-state index in [9.17, 15) is 9.59 Å². The second kappa shape index (κ2) is 7.40. The van der Waals surface area contributed by atoms with Crippen molar-refractivity contribution in [3.8, 4) is 0 Å². The molecular weight excluding hydrogens is 280 g/mol. The average Bonchev–Trinajstić information content (AvgIpc) is 3.00. The van der Waals surface area contributed by atoms with Crippen LogP contribution in [0.4, 0.5) is 5.69 Å². The van der Waals surface area contributed by atoms with Gasteiger partial charge in [0.2, 0.25) is 0 Å². The highest BCUT2D eigenvalue weighted by Crippen LogP contribution is 2.17. The minimum absolute atomic E-state index is 0.0399. The molecule has 5 heteroatoms. The van der Waals surface area contributed by atoms with Crippen LogP contribution in [-0.4, -0.2) is 43.0 Å². The van der Waals surface area contributed by atoms with Gasteiger partial charge in [-0.2, -0.15) is 0 Å². The third-order valence-electron chi connectivity index (χ3n) is 3.58. The largest absolute Gasteiger partial charge is 0.368 e. The number of hydrogen-bond acceptors (Lipinski definition) is 3. The molecule has 1 aliphatic rings. The van der Waals surface area contributed by atoms with E-state index in [0.717, 1.165) is 12.8 Å². The van der Waals surface area contributed by atoms with Crippen molar-refractivity contribution in [1.82, 2.24) is 4.90 Å². The maximum Gasteiger partial charge on any atom is 0.253 e. The lowest BCUT2D eigenvalue weighted by Gasteiger charge is -2.20. The van der Waals surface area contributed by atoms with Gasteiger partial charge >= 0.3 is 0 Å². The molecule has 1 atom stereocenters. The maximum absolute atomic E-state index is 12.4. The Bertz CT molecular complexity index is 536. The number of hydrogen-bond donors (Lipinski definition) is 1. The van der Waals surface area contributed by atoms with Gasteiger partial charge in [0.25, 0.3) is 11.8 Å². The molecule has 2 amide bonds. The third-order valence-corrected chi connectivity index (χ3v) is 3.58. The first-order valence-corrected chi connectivity index (χ1v) is 7.75. The summed E-state index contributed by atoms with van der Waals surface area (Å²) in [4.78, 5) is 26.1. The lowest BCUT2D eigenvalue weighted by atomic mass is 10.1. The molecule has 0 saturated carbocycles. The summed E-state index contributed by atoms with van der Waals surface area (Å²) in [6.45, 7) is 5.48. The first-order chi connectivity index (χ1) is 10.5. The fraction of sp³-hybridized carbons (Fsp3) is 0.529. The lowest BCUT2D eigenvalue weighted by molar-refractivity contribution is -0.124. The van der Waals surface area contributed by atoms with Gasteiger partial charge in [-0.3, -0.25) is 9.59 Å². The number of nitrogens with zero attached hydrogens (tertiary/aromatic N) is 1. The van der Waals surface area contributed by atoms with Crippen LogP contribution in [0, 0.1) is 5.92 Å². The zero-order chi connectivity index (χ0) is 16.1. The van der Waals surface area contributed by atoms with Gasteiger partial charge in [0.05, 0.1) is 0 Å². The van der Waals surface area contributed by atoms with Crippen LogP contribution in [0.25, 0.3) is 0 Å². The normalized spacial score (nSPS) is 17.5. The number of carbonyl (C=O) groups is 2. The smallest absolute Gasteiger partial charge is 0.253 e. The van der Waals surface area contributed by atoms with Crippen molar-refractivity contribution in [3.63, 3.8) is 0 Å². The van der Waals surface area contributed by atoms with Crippen LogP contribution in [0.15, 0.2) is 24.3 Å². The highest BCUT2D eigenvalue weighted by Gasteiger charge is 2.23. The molecule has 1 saturated heterocycles. The van der Waals surface area contributed by atoms with Crippen LogP contribution in [-0.2, 0) is 9.53 Å². The Balaban J connectivity index is 2.02. The second-order valence-corrected chi connectivity index (χ2v) is 6.15.